The van der Waals surface area contributed by atoms with Gasteiger partial charge in [0.1, 0.15) is 5.82 Å². The Balaban J connectivity index is 2.59. The van der Waals surface area contributed by atoms with Crippen molar-refractivity contribution in [1.82, 2.24) is 10.6 Å². The minimum Gasteiger partial charge on any atom is -0.477 e. The number of hydrogen-bond acceptors (Lipinski definition) is 5. The largest absolute Gasteiger partial charge is 0.477 e. The van der Waals surface area contributed by atoms with Crippen molar-refractivity contribution >= 4 is 17.6 Å². The molecule has 8 nitrogen and oxygen atoms in total. The average molecular weight is 313 g/mol. The monoisotopic (exact) mass is 313 g/mol. The molecule has 0 saturated heterocycles. The lowest BCUT2D eigenvalue weighted by Gasteiger charge is -2.12. The Labute approximate surface area is 125 Å². The molecular weight excluding hydrogens is 297 g/mol. The number of amides is 3. The SMILES string of the molecule is CC[C@H](C)NC(=O)NC(=O)COc1cc(F)ccc1[N+](=O)[O-]. The van der Waals surface area contributed by atoms with Gasteiger partial charge in [-0.2, -0.15) is 0 Å². The molecule has 0 aliphatic heterocycles. The number of imide groups is 1. The number of nitrogens with zero attached hydrogens (tertiary/aromatic N) is 1. The molecule has 0 aliphatic carbocycles. The second kappa shape index (κ2) is 7.91. The first kappa shape index (κ1) is 17.3. The number of urea groups is 1. The average Bonchev–Trinajstić information content (AvgIpc) is 2.44. The van der Waals surface area contributed by atoms with Crippen LogP contribution in [-0.4, -0.2) is 29.5 Å². The summed E-state index contributed by atoms with van der Waals surface area (Å²) in [6, 6.07) is 1.82. The van der Waals surface area contributed by atoms with Crippen LogP contribution < -0.4 is 15.4 Å². The molecule has 3 amide bonds. The van der Waals surface area contributed by atoms with Crippen molar-refractivity contribution in [1.29, 1.82) is 0 Å². The van der Waals surface area contributed by atoms with E-state index in [1.54, 1.807) is 6.92 Å². The van der Waals surface area contributed by atoms with Crippen LogP contribution in [0.1, 0.15) is 20.3 Å². The van der Waals surface area contributed by atoms with Crippen LogP contribution in [-0.2, 0) is 4.79 Å². The third-order valence-corrected chi connectivity index (χ3v) is 2.72. The Morgan fingerprint density at radius 2 is 2.14 bits per heavy atom. The molecule has 120 valence electrons. The lowest BCUT2D eigenvalue weighted by molar-refractivity contribution is -0.385. The predicted molar refractivity (Wildman–Crippen MR) is 75.0 cm³/mol. The smallest absolute Gasteiger partial charge is 0.321 e. The molecule has 0 unspecified atom stereocenters. The molecule has 2 N–H and O–H groups in total. The molecule has 9 heteroatoms. The summed E-state index contributed by atoms with van der Waals surface area (Å²) in [5.41, 5.74) is -0.474. The summed E-state index contributed by atoms with van der Waals surface area (Å²) in [4.78, 5) is 32.9. The Hall–Kier alpha value is -2.71. The number of ether oxygens (including phenoxy) is 1. The second-order valence-corrected chi connectivity index (χ2v) is 4.49. The van der Waals surface area contributed by atoms with Gasteiger partial charge < -0.3 is 10.1 Å². The van der Waals surface area contributed by atoms with E-state index in [4.69, 9.17) is 4.74 Å². The van der Waals surface area contributed by atoms with Crippen molar-refractivity contribution in [3.05, 3.63) is 34.1 Å². The molecule has 0 radical (unpaired) electrons. The van der Waals surface area contributed by atoms with E-state index in [9.17, 15) is 24.1 Å². The molecule has 1 aromatic rings. The van der Waals surface area contributed by atoms with Crippen molar-refractivity contribution in [2.24, 2.45) is 0 Å². The van der Waals surface area contributed by atoms with Crippen LogP contribution >= 0.6 is 0 Å². The van der Waals surface area contributed by atoms with Gasteiger partial charge in [-0.1, -0.05) is 6.92 Å². The predicted octanol–water partition coefficient (Wildman–Crippen LogP) is 1.74. The standard InChI is InChI=1S/C13H16FN3O5/c1-3-8(2)15-13(19)16-12(18)7-22-11-6-9(14)4-5-10(11)17(20)21/h4-6,8H,3,7H2,1-2H3,(H2,15,16,18,19)/t8-/m0/s1. The summed E-state index contributed by atoms with van der Waals surface area (Å²) in [7, 11) is 0. The first-order chi connectivity index (χ1) is 10.3. The van der Waals surface area contributed by atoms with E-state index in [2.05, 4.69) is 5.32 Å². The summed E-state index contributed by atoms with van der Waals surface area (Å²) in [6.45, 7) is 2.97. The highest BCUT2D eigenvalue weighted by Gasteiger charge is 2.18. The minimum atomic E-state index is -0.806. The number of carbonyl (C=O) groups excluding carboxylic acids is 2. The molecule has 0 bridgehead atoms. The summed E-state index contributed by atoms with van der Waals surface area (Å²) in [5.74, 6) is -1.93. The van der Waals surface area contributed by atoms with Crippen LogP contribution in [0.5, 0.6) is 5.75 Å². The number of carbonyl (C=O) groups is 2. The van der Waals surface area contributed by atoms with E-state index in [-0.39, 0.29) is 11.8 Å². The van der Waals surface area contributed by atoms with Crippen LogP contribution in [0, 0.1) is 15.9 Å². The number of halogens is 1. The molecule has 22 heavy (non-hydrogen) atoms. The van der Waals surface area contributed by atoms with E-state index in [0.717, 1.165) is 18.2 Å². The zero-order chi connectivity index (χ0) is 16.7. The first-order valence-electron chi connectivity index (χ1n) is 6.50. The molecule has 0 spiro atoms. The van der Waals surface area contributed by atoms with Gasteiger partial charge in [0.15, 0.2) is 6.61 Å². The fourth-order valence-electron chi connectivity index (χ4n) is 1.42. The van der Waals surface area contributed by atoms with E-state index in [1.807, 2.05) is 12.2 Å². The van der Waals surface area contributed by atoms with Gasteiger partial charge in [-0.3, -0.25) is 20.2 Å². The molecule has 0 aromatic heterocycles. The van der Waals surface area contributed by atoms with Gasteiger partial charge in [-0.05, 0) is 19.4 Å². The normalized spacial score (nSPS) is 11.4. The summed E-state index contributed by atoms with van der Waals surface area (Å²) in [5, 5.41) is 15.3. The lowest BCUT2D eigenvalue weighted by atomic mass is 10.3. The Bertz CT molecular complexity index is 579. The third kappa shape index (κ3) is 5.35. The molecule has 0 aliphatic rings. The highest BCUT2D eigenvalue weighted by atomic mass is 19.1. The zero-order valence-corrected chi connectivity index (χ0v) is 12.1. The fourth-order valence-corrected chi connectivity index (χ4v) is 1.42. The molecule has 1 atom stereocenters. The first-order valence-corrected chi connectivity index (χ1v) is 6.50. The molecule has 0 heterocycles. The second-order valence-electron chi connectivity index (χ2n) is 4.49. The number of hydrogen-bond donors (Lipinski definition) is 2. The topological polar surface area (TPSA) is 111 Å². The molecule has 0 saturated carbocycles. The van der Waals surface area contributed by atoms with Gasteiger partial charge >= 0.3 is 11.7 Å². The molecule has 1 aromatic carbocycles. The maximum Gasteiger partial charge on any atom is 0.321 e. The Morgan fingerprint density at radius 1 is 1.45 bits per heavy atom. The zero-order valence-electron chi connectivity index (χ0n) is 12.1. The molecular formula is C13H16FN3O5. The van der Waals surface area contributed by atoms with Gasteiger partial charge in [0, 0.05) is 18.2 Å². The van der Waals surface area contributed by atoms with Crippen molar-refractivity contribution in [2.45, 2.75) is 26.3 Å². The highest BCUT2D eigenvalue weighted by molar-refractivity contribution is 5.95. The third-order valence-electron chi connectivity index (χ3n) is 2.72. The fraction of sp³-hybridized carbons (Fsp3) is 0.385. The van der Waals surface area contributed by atoms with Crippen LogP contribution in [0.15, 0.2) is 18.2 Å². The van der Waals surface area contributed by atoms with E-state index < -0.39 is 35.0 Å². The minimum absolute atomic E-state index is 0.113. The number of nitro benzene ring substituents is 1. The summed E-state index contributed by atoms with van der Waals surface area (Å²) < 4.78 is 18.0. The quantitative estimate of drug-likeness (QED) is 0.614. The van der Waals surface area contributed by atoms with Crippen molar-refractivity contribution in [2.75, 3.05) is 6.61 Å². The van der Waals surface area contributed by atoms with Gasteiger partial charge in [0.05, 0.1) is 4.92 Å². The van der Waals surface area contributed by atoms with Crippen LogP contribution in [0.2, 0.25) is 0 Å². The van der Waals surface area contributed by atoms with Gasteiger partial charge in [0.2, 0.25) is 5.75 Å². The Morgan fingerprint density at radius 3 is 2.73 bits per heavy atom. The van der Waals surface area contributed by atoms with Gasteiger partial charge in [0.25, 0.3) is 5.91 Å². The highest BCUT2D eigenvalue weighted by Crippen LogP contribution is 2.27. The van der Waals surface area contributed by atoms with Crippen molar-refractivity contribution < 1.29 is 23.6 Å². The molecule has 0 fully saturated rings. The maximum atomic E-state index is 13.1. The summed E-state index contributed by atoms with van der Waals surface area (Å²) in [6.07, 6.45) is 0.688. The maximum absolute atomic E-state index is 13.1. The van der Waals surface area contributed by atoms with Crippen LogP contribution in [0.3, 0.4) is 0 Å². The van der Waals surface area contributed by atoms with E-state index in [0.29, 0.717) is 6.42 Å². The van der Waals surface area contributed by atoms with Gasteiger partial charge in [-0.15, -0.1) is 0 Å². The lowest BCUT2D eigenvalue weighted by Crippen LogP contribution is -2.44. The number of rotatable bonds is 6. The van der Waals surface area contributed by atoms with Crippen LogP contribution in [0.4, 0.5) is 14.9 Å². The van der Waals surface area contributed by atoms with Crippen molar-refractivity contribution in [3.8, 4) is 5.75 Å². The number of nitro groups is 1. The molecule has 1 rings (SSSR count). The Kier molecular flexibility index (Phi) is 6.24. The van der Waals surface area contributed by atoms with E-state index in [1.165, 1.54) is 0 Å². The van der Waals surface area contributed by atoms with Crippen LogP contribution in [0.25, 0.3) is 0 Å². The number of nitrogens with one attached hydrogen (secondary N) is 2. The van der Waals surface area contributed by atoms with Crippen molar-refractivity contribution in [3.63, 3.8) is 0 Å². The number of benzene rings is 1. The van der Waals surface area contributed by atoms with E-state index >= 15 is 0 Å². The van der Waals surface area contributed by atoms with Gasteiger partial charge in [-0.25, -0.2) is 9.18 Å². The summed E-state index contributed by atoms with van der Waals surface area (Å²) >= 11 is 0.